The van der Waals surface area contributed by atoms with Crippen LogP contribution in [0, 0.1) is 5.92 Å². The summed E-state index contributed by atoms with van der Waals surface area (Å²) in [5.74, 6) is 1.94. The van der Waals surface area contributed by atoms with Crippen LogP contribution in [0.4, 0.5) is 5.82 Å². The van der Waals surface area contributed by atoms with Crippen molar-refractivity contribution in [1.82, 2.24) is 15.0 Å². The molecule has 0 amide bonds. The Balaban J connectivity index is 1.39. The Labute approximate surface area is 191 Å². The van der Waals surface area contributed by atoms with Crippen LogP contribution in [0.5, 0.6) is 0 Å². The van der Waals surface area contributed by atoms with Crippen molar-refractivity contribution in [2.24, 2.45) is 5.92 Å². The first-order chi connectivity index (χ1) is 15.8. The van der Waals surface area contributed by atoms with E-state index in [1.54, 1.807) is 6.33 Å². The van der Waals surface area contributed by atoms with Crippen molar-refractivity contribution in [2.45, 2.75) is 32.1 Å². The molecule has 1 aliphatic carbocycles. The normalized spacial score (nSPS) is 16.8. The van der Waals surface area contributed by atoms with Crippen molar-refractivity contribution < 1.29 is 0 Å². The summed E-state index contributed by atoms with van der Waals surface area (Å²) in [4.78, 5) is 15.4. The number of nitrogens with zero attached hydrogens (tertiary/aromatic N) is 2. The van der Waals surface area contributed by atoms with E-state index in [0.29, 0.717) is 0 Å². The van der Waals surface area contributed by atoms with Gasteiger partial charge in [-0.3, -0.25) is 0 Å². The highest BCUT2D eigenvalue weighted by atomic mass is 32.1. The minimum atomic E-state index is 0.215. The summed E-state index contributed by atoms with van der Waals surface area (Å²) in [6.45, 7) is 3.13. The van der Waals surface area contributed by atoms with Gasteiger partial charge in [0.2, 0.25) is 0 Å². The molecule has 32 heavy (non-hydrogen) atoms. The van der Waals surface area contributed by atoms with E-state index in [1.807, 2.05) is 11.3 Å². The van der Waals surface area contributed by atoms with Crippen molar-refractivity contribution in [1.29, 1.82) is 0 Å². The van der Waals surface area contributed by atoms with Gasteiger partial charge in [0.05, 0.1) is 5.39 Å². The van der Waals surface area contributed by atoms with Gasteiger partial charge in [-0.25, -0.2) is 9.97 Å². The third kappa shape index (κ3) is 3.37. The molecule has 0 saturated heterocycles. The van der Waals surface area contributed by atoms with Gasteiger partial charge in [0.15, 0.2) is 0 Å². The Hall–Kier alpha value is -3.18. The lowest BCUT2D eigenvalue weighted by atomic mass is 9.89. The van der Waals surface area contributed by atoms with Crippen LogP contribution in [-0.4, -0.2) is 21.5 Å². The summed E-state index contributed by atoms with van der Waals surface area (Å²) in [5.41, 5.74) is 5.26. The Morgan fingerprint density at radius 3 is 2.84 bits per heavy atom. The van der Waals surface area contributed by atoms with Crippen LogP contribution in [-0.2, 0) is 12.8 Å². The van der Waals surface area contributed by atoms with Gasteiger partial charge in [-0.2, -0.15) is 0 Å². The van der Waals surface area contributed by atoms with E-state index in [1.165, 1.54) is 44.3 Å². The zero-order chi connectivity index (χ0) is 21.5. The molecule has 6 rings (SSSR count). The maximum atomic E-state index is 4.69. The third-order valence-corrected chi connectivity index (χ3v) is 7.93. The second-order valence-electron chi connectivity index (χ2n) is 8.89. The number of benzene rings is 2. The molecule has 0 unspecified atom stereocenters. The number of aryl methyl sites for hydroxylation is 1. The van der Waals surface area contributed by atoms with E-state index in [-0.39, 0.29) is 5.92 Å². The average molecular weight is 439 g/mol. The molecule has 2 aromatic carbocycles. The van der Waals surface area contributed by atoms with Crippen molar-refractivity contribution >= 4 is 38.3 Å². The summed E-state index contributed by atoms with van der Waals surface area (Å²) in [6.07, 6.45) is 7.41. The molecular weight excluding hydrogens is 412 g/mol. The molecule has 2 atom stereocenters. The van der Waals surface area contributed by atoms with E-state index in [0.717, 1.165) is 36.0 Å². The SMILES string of the molecule is C[C@H]1CCc2c(sc3ncnc(NC[C@H](c4ccccc4)c4c[nH]c5ccccc45)c23)C1. The average Bonchev–Trinajstić information content (AvgIpc) is 3.41. The number of rotatable bonds is 5. The monoisotopic (exact) mass is 438 g/mol. The number of anilines is 1. The van der Waals surface area contributed by atoms with E-state index in [2.05, 4.69) is 83.0 Å². The smallest absolute Gasteiger partial charge is 0.138 e. The number of aromatic nitrogens is 3. The molecule has 0 spiro atoms. The second kappa shape index (κ2) is 8.06. The first-order valence-electron chi connectivity index (χ1n) is 11.4. The minimum Gasteiger partial charge on any atom is -0.368 e. The molecule has 0 radical (unpaired) electrons. The molecule has 4 nitrogen and oxygen atoms in total. The molecular formula is C27H26N4S. The van der Waals surface area contributed by atoms with Gasteiger partial charge in [0.25, 0.3) is 0 Å². The fourth-order valence-electron chi connectivity index (χ4n) is 5.08. The highest BCUT2D eigenvalue weighted by Gasteiger charge is 2.24. The number of hydrogen-bond acceptors (Lipinski definition) is 4. The molecule has 3 heterocycles. The van der Waals surface area contributed by atoms with Crippen molar-refractivity contribution in [3.8, 4) is 0 Å². The molecule has 160 valence electrons. The van der Waals surface area contributed by atoms with E-state index in [9.17, 15) is 0 Å². The Morgan fingerprint density at radius 2 is 1.94 bits per heavy atom. The van der Waals surface area contributed by atoms with Gasteiger partial charge in [0, 0.05) is 34.4 Å². The number of nitrogens with one attached hydrogen (secondary N) is 2. The number of aromatic amines is 1. The molecule has 0 aliphatic heterocycles. The van der Waals surface area contributed by atoms with Crippen LogP contribution >= 0.6 is 11.3 Å². The molecule has 0 saturated carbocycles. The van der Waals surface area contributed by atoms with Gasteiger partial charge in [-0.1, -0.05) is 55.5 Å². The van der Waals surface area contributed by atoms with Crippen LogP contribution in [0.15, 0.2) is 67.1 Å². The maximum Gasteiger partial charge on any atom is 0.138 e. The van der Waals surface area contributed by atoms with E-state index in [4.69, 9.17) is 4.98 Å². The molecule has 2 N–H and O–H groups in total. The fourth-order valence-corrected chi connectivity index (χ4v) is 6.43. The van der Waals surface area contributed by atoms with Gasteiger partial charge in [-0.15, -0.1) is 11.3 Å². The first-order valence-corrected chi connectivity index (χ1v) is 12.2. The van der Waals surface area contributed by atoms with Gasteiger partial charge in [-0.05, 0) is 47.9 Å². The summed E-state index contributed by atoms with van der Waals surface area (Å²) >= 11 is 1.85. The lowest BCUT2D eigenvalue weighted by molar-refractivity contribution is 0.509. The third-order valence-electron chi connectivity index (χ3n) is 6.76. The predicted molar refractivity (Wildman–Crippen MR) is 134 cm³/mol. The fraction of sp³-hybridized carbons (Fsp3) is 0.259. The number of H-pyrrole nitrogens is 1. The lowest BCUT2D eigenvalue weighted by Gasteiger charge is -2.20. The summed E-state index contributed by atoms with van der Waals surface area (Å²) in [5, 5.41) is 6.25. The maximum absolute atomic E-state index is 4.69. The number of fused-ring (bicyclic) bond motifs is 4. The van der Waals surface area contributed by atoms with Crippen molar-refractivity contribution in [2.75, 3.05) is 11.9 Å². The topological polar surface area (TPSA) is 53.6 Å². The largest absolute Gasteiger partial charge is 0.368 e. The van der Waals surface area contributed by atoms with Crippen molar-refractivity contribution in [3.05, 3.63) is 88.7 Å². The lowest BCUT2D eigenvalue weighted by Crippen LogP contribution is -2.15. The van der Waals surface area contributed by atoms with Gasteiger partial charge in [0.1, 0.15) is 17.0 Å². The number of thiophene rings is 1. The molecule has 0 bridgehead atoms. The zero-order valence-electron chi connectivity index (χ0n) is 18.1. The molecule has 5 heteroatoms. The standard InChI is InChI=1S/C27H26N4S/c1-17-11-12-20-24(13-17)32-27-25(20)26(30-16-31-27)29-14-21(18-7-3-2-4-8-18)22-15-28-23-10-6-5-9-19(22)23/h2-10,15-17,21,28H,11-14H2,1H3,(H,29,30,31)/t17-,21+/m0/s1. The summed E-state index contributed by atoms with van der Waals surface area (Å²) < 4.78 is 0. The highest BCUT2D eigenvalue weighted by molar-refractivity contribution is 7.19. The molecule has 5 aromatic rings. The van der Waals surface area contributed by atoms with E-state index >= 15 is 0 Å². The minimum absolute atomic E-state index is 0.215. The zero-order valence-corrected chi connectivity index (χ0v) is 19.0. The summed E-state index contributed by atoms with van der Waals surface area (Å²) in [6, 6.07) is 19.3. The Morgan fingerprint density at radius 1 is 1.09 bits per heavy atom. The number of para-hydroxylation sites is 1. The highest BCUT2D eigenvalue weighted by Crippen LogP contribution is 2.40. The van der Waals surface area contributed by atoms with Crippen LogP contribution in [0.1, 0.15) is 40.8 Å². The van der Waals surface area contributed by atoms with Gasteiger partial charge < -0.3 is 10.3 Å². The predicted octanol–water partition coefficient (Wildman–Crippen LogP) is 6.54. The molecule has 3 aromatic heterocycles. The van der Waals surface area contributed by atoms with Crippen LogP contribution < -0.4 is 5.32 Å². The molecule has 0 fully saturated rings. The quantitative estimate of drug-likeness (QED) is 0.327. The molecule has 1 aliphatic rings. The first kappa shape index (κ1) is 19.5. The Bertz CT molecular complexity index is 1390. The van der Waals surface area contributed by atoms with Crippen LogP contribution in [0.3, 0.4) is 0 Å². The van der Waals surface area contributed by atoms with Crippen molar-refractivity contribution in [3.63, 3.8) is 0 Å². The number of hydrogen-bond donors (Lipinski definition) is 2. The summed E-state index contributed by atoms with van der Waals surface area (Å²) in [7, 11) is 0. The van der Waals surface area contributed by atoms with Gasteiger partial charge >= 0.3 is 0 Å². The Kier molecular flexibility index (Phi) is 4.91. The van der Waals surface area contributed by atoms with Crippen LogP contribution in [0.2, 0.25) is 0 Å². The van der Waals surface area contributed by atoms with Crippen LogP contribution in [0.25, 0.3) is 21.1 Å². The second-order valence-corrected chi connectivity index (χ2v) is 9.97. The van der Waals surface area contributed by atoms with E-state index < -0.39 is 0 Å².